The minimum atomic E-state index is -0.341. The third-order valence-electron chi connectivity index (χ3n) is 3.33. The van der Waals surface area contributed by atoms with E-state index in [4.69, 9.17) is 23.2 Å². The first kappa shape index (κ1) is 19.0. The number of rotatable bonds is 5. The van der Waals surface area contributed by atoms with Gasteiger partial charge in [0.05, 0.1) is 5.92 Å². The van der Waals surface area contributed by atoms with Crippen LogP contribution in [0, 0.1) is 5.92 Å². The molecule has 0 spiro atoms. The fourth-order valence-electron chi connectivity index (χ4n) is 2.28. The van der Waals surface area contributed by atoms with Gasteiger partial charge in [-0.25, -0.2) is 0 Å². The Morgan fingerprint density at radius 2 is 1.91 bits per heavy atom. The Bertz CT molecular complexity index is 534. The Balaban J connectivity index is 0.00000242. The minimum absolute atomic E-state index is 0. The van der Waals surface area contributed by atoms with Gasteiger partial charge < -0.3 is 15.5 Å². The Morgan fingerprint density at radius 3 is 2.50 bits per heavy atom. The van der Waals surface area contributed by atoms with E-state index in [1.54, 1.807) is 23.1 Å². The summed E-state index contributed by atoms with van der Waals surface area (Å²) >= 11 is 11.9. The van der Waals surface area contributed by atoms with E-state index in [2.05, 4.69) is 10.6 Å². The summed E-state index contributed by atoms with van der Waals surface area (Å²) in [6.07, 6.45) is 0.204. The number of anilines is 1. The number of benzene rings is 1. The standard InChI is InChI=1S/C14H17Cl2N3O2.ClH/c1-17-2-3-18-14(21)9-4-13(20)19(8-9)12-6-10(15)5-11(16)7-12;/h5-7,9,17H,2-4,8H2,1H3,(H,18,21);1H. The van der Waals surface area contributed by atoms with Crippen molar-refractivity contribution in [3.63, 3.8) is 0 Å². The zero-order chi connectivity index (χ0) is 15.4. The maximum Gasteiger partial charge on any atom is 0.227 e. The van der Waals surface area contributed by atoms with Crippen molar-refractivity contribution in [1.29, 1.82) is 0 Å². The van der Waals surface area contributed by atoms with Gasteiger partial charge in [-0.2, -0.15) is 0 Å². The van der Waals surface area contributed by atoms with Gasteiger partial charge in [-0.05, 0) is 25.2 Å². The molecule has 0 radical (unpaired) electrons. The average molecular weight is 367 g/mol. The Morgan fingerprint density at radius 1 is 1.27 bits per heavy atom. The quantitative estimate of drug-likeness (QED) is 0.785. The molecule has 1 aromatic carbocycles. The number of halogens is 3. The fraction of sp³-hybridized carbons (Fsp3) is 0.429. The molecule has 0 aromatic heterocycles. The zero-order valence-corrected chi connectivity index (χ0v) is 14.4. The molecule has 0 aliphatic carbocycles. The smallest absolute Gasteiger partial charge is 0.227 e. The Kier molecular flexibility index (Phi) is 7.42. The van der Waals surface area contributed by atoms with Gasteiger partial charge in [0, 0.05) is 41.8 Å². The van der Waals surface area contributed by atoms with Crippen molar-refractivity contribution in [2.45, 2.75) is 6.42 Å². The van der Waals surface area contributed by atoms with E-state index in [1.807, 2.05) is 7.05 Å². The van der Waals surface area contributed by atoms with Crippen LogP contribution >= 0.6 is 35.6 Å². The number of hydrogen-bond donors (Lipinski definition) is 2. The van der Waals surface area contributed by atoms with Crippen molar-refractivity contribution in [3.8, 4) is 0 Å². The van der Waals surface area contributed by atoms with E-state index < -0.39 is 0 Å². The van der Waals surface area contributed by atoms with E-state index >= 15 is 0 Å². The number of carbonyl (C=O) groups excluding carboxylic acids is 2. The minimum Gasteiger partial charge on any atom is -0.355 e. The van der Waals surface area contributed by atoms with Crippen molar-refractivity contribution in [3.05, 3.63) is 28.2 Å². The first-order valence-corrected chi connectivity index (χ1v) is 7.45. The van der Waals surface area contributed by atoms with Gasteiger partial charge in [-0.15, -0.1) is 12.4 Å². The number of carbonyl (C=O) groups is 2. The van der Waals surface area contributed by atoms with E-state index in [0.717, 1.165) is 0 Å². The van der Waals surface area contributed by atoms with Crippen LogP contribution in [0.25, 0.3) is 0 Å². The molecule has 8 heteroatoms. The summed E-state index contributed by atoms with van der Waals surface area (Å²) in [7, 11) is 1.82. The van der Waals surface area contributed by atoms with Crippen LogP contribution in [0.15, 0.2) is 18.2 Å². The highest BCUT2D eigenvalue weighted by atomic mass is 35.5. The first-order chi connectivity index (χ1) is 10.0. The van der Waals surface area contributed by atoms with Gasteiger partial charge in [0.1, 0.15) is 0 Å². The molecule has 1 heterocycles. The molecule has 1 aromatic rings. The monoisotopic (exact) mass is 365 g/mol. The van der Waals surface area contributed by atoms with Gasteiger partial charge in [0.2, 0.25) is 11.8 Å². The van der Waals surface area contributed by atoms with Crippen LogP contribution < -0.4 is 15.5 Å². The highest BCUT2D eigenvalue weighted by Crippen LogP contribution is 2.30. The molecule has 2 N–H and O–H groups in total. The molecule has 22 heavy (non-hydrogen) atoms. The molecule has 2 amide bonds. The Hall–Kier alpha value is -1.01. The fourth-order valence-corrected chi connectivity index (χ4v) is 2.80. The second-order valence-corrected chi connectivity index (χ2v) is 5.80. The van der Waals surface area contributed by atoms with Gasteiger partial charge >= 0.3 is 0 Å². The normalized spacial score (nSPS) is 17.3. The lowest BCUT2D eigenvalue weighted by atomic mass is 10.1. The predicted molar refractivity (Wildman–Crippen MR) is 91.1 cm³/mol. The lowest BCUT2D eigenvalue weighted by Gasteiger charge is -2.17. The van der Waals surface area contributed by atoms with E-state index in [-0.39, 0.29) is 36.6 Å². The van der Waals surface area contributed by atoms with E-state index in [9.17, 15) is 9.59 Å². The summed E-state index contributed by atoms with van der Waals surface area (Å²) in [5, 5.41) is 6.69. The van der Waals surface area contributed by atoms with E-state index in [0.29, 0.717) is 35.4 Å². The summed E-state index contributed by atoms with van der Waals surface area (Å²) in [6, 6.07) is 4.95. The molecule has 2 rings (SSSR count). The molecule has 0 bridgehead atoms. The predicted octanol–water partition coefficient (Wildman–Crippen LogP) is 2.10. The summed E-state index contributed by atoms with van der Waals surface area (Å²) < 4.78 is 0. The molecule has 1 aliphatic rings. The van der Waals surface area contributed by atoms with Crippen LogP contribution in [0.4, 0.5) is 5.69 Å². The highest BCUT2D eigenvalue weighted by molar-refractivity contribution is 6.35. The molecule has 1 aliphatic heterocycles. The molecule has 1 atom stereocenters. The van der Waals surface area contributed by atoms with Crippen LogP contribution in [-0.2, 0) is 9.59 Å². The van der Waals surface area contributed by atoms with Gasteiger partial charge in [-0.3, -0.25) is 9.59 Å². The largest absolute Gasteiger partial charge is 0.355 e. The van der Waals surface area contributed by atoms with Crippen molar-refractivity contribution in [2.24, 2.45) is 5.92 Å². The summed E-state index contributed by atoms with van der Waals surface area (Å²) in [5.74, 6) is -0.538. The number of amides is 2. The maximum atomic E-state index is 12.1. The van der Waals surface area contributed by atoms with Crippen molar-refractivity contribution >= 4 is 53.1 Å². The Labute approximate surface area is 145 Å². The van der Waals surface area contributed by atoms with Crippen molar-refractivity contribution < 1.29 is 9.59 Å². The van der Waals surface area contributed by atoms with Crippen LogP contribution in [0.3, 0.4) is 0 Å². The second-order valence-electron chi connectivity index (χ2n) is 4.93. The molecule has 0 saturated carbocycles. The molecule has 1 saturated heterocycles. The maximum absolute atomic E-state index is 12.1. The van der Waals surface area contributed by atoms with Gasteiger partial charge in [0.25, 0.3) is 0 Å². The molecule has 122 valence electrons. The lowest BCUT2D eigenvalue weighted by molar-refractivity contribution is -0.126. The van der Waals surface area contributed by atoms with Crippen molar-refractivity contribution in [1.82, 2.24) is 10.6 Å². The number of hydrogen-bond acceptors (Lipinski definition) is 3. The van der Waals surface area contributed by atoms with Gasteiger partial charge in [0.15, 0.2) is 0 Å². The van der Waals surface area contributed by atoms with Crippen LogP contribution in [0.5, 0.6) is 0 Å². The lowest BCUT2D eigenvalue weighted by Crippen LogP contribution is -2.36. The van der Waals surface area contributed by atoms with Crippen LogP contribution in [0.2, 0.25) is 10.0 Å². The zero-order valence-electron chi connectivity index (χ0n) is 12.1. The van der Waals surface area contributed by atoms with Gasteiger partial charge in [-0.1, -0.05) is 23.2 Å². The number of nitrogens with one attached hydrogen (secondary N) is 2. The summed E-state index contributed by atoms with van der Waals surface area (Å²) in [5.41, 5.74) is 0.628. The first-order valence-electron chi connectivity index (χ1n) is 6.70. The SMILES string of the molecule is CNCCNC(=O)C1CC(=O)N(c2cc(Cl)cc(Cl)c2)C1.Cl. The highest BCUT2D eigenvalue weighted by Gasteiger charge is 2.35. The summed E-state index contributed by atoms with van der Waals surface area (Å²) in [4.78, 5) is 25.7. The molecule has 1 unspecified atom stereocenters. The van der Waals surface area contributed by atoms with Crippen LogP contribution in [0.1, 0.15) is 6.42 Å². The second kappa shape index (κ2) is 8.58. The van der Waals surface area contributed by atoms with E-state index in [1.165, 1.54) is 0 Å². The average Bonchev–Trinajstić information content (AvgIpc) is 2.80. The van der Waals surface area contributed by atoms with Crippen LogP contribution in [-0.4, -0.2) is 38.5 Å². The topological polar surface area (TPSA) is 61.4 Å². The summed E-state index contributed by atoms with van der Waals surface area (Å²) in [6.45, 7) is 1.59. The number of likely N-dealkylation sites (N-methyl/N-ethyl adjacent to an activating group) is 1. The molecule has 5 nitrogen and oxygen atoms in total. The molecular formula is C14H18Cl3N3O2. The number of nitrogens with zero attached hydrogens (tertiary/aromatic N) is 1. The van der Waals surface area contributed by atoms with Crippen molar-refractivity contribution in [2.75, 3.05) is 31.6 Å². The molecular weight excluding hydrogens is 349 g/mol. The molecule has 1 fully saturated rings. The third-order valence-corrected chi connectivity index (χ3v) is 3.77. The third kappa shape index (κ3) is 4.74.